The third kappa shape index (κ3) is 4.68. The van der Waals surface area contributed by atoms with Gasteiger partial charge in [0.15, 0.2) is 0 Å². The van der Waals surface area contributed by atoms with E-state index < -0.39 is 0 Å². The van der Waals surface area contributed by atoms with E-state index in [4.69, 9.17) is 5.84 Å². The van der Waals surface area contributed by atoms with Crippen LogP contribution in [0.15, 0.2) is 12.1 Å². The van der Waals surface area contributed by atoms with Crippen LogP contribution in [0.1, 0.15) is 49.2 Å². The molecule has 0 bridgehead atoms. The summed E-state index contributed by atoms with van der Waals surface area (Å²) in [4.78, 5) is 16.7. The minimum atomic E-state index is -0.0771. The summed E-state index contributed by atoms with van der Waals surface area (Å²) in [7, 11) is 0. The van der Waals surface area contributed by atoms with E-state index in [0.29, 0.717) is 11.4 Å². The number of anilines is 1. The number of nitrogens with one attached hydrogen (secondary N) is 2. The Labute approximate surface area is 125 Å². The van der Waals surface area contributed by atoms with Gasteiger partial charge in [0.05, 0.1) is 0 Å². The number of thioether (sulfide) groups is 1. The summed E-state index contributed by atoms with van der Waals surface area (Å²) in [5, 5.41) is 3.05. The molecule has 1 amide bonds. The topological polar surface area (TPSA) is 80.0 Å². The van der Waals surface area contributed by atoms with Crippen molar-refractivity contribution in [3.8, 4) is 0 Å². The molecule has 20 heavy (non-hydrogen) atoms. The molecule has 1 atom stereocenters. The minimum Gasteiger partial charge on any atom is -0.348 e. The number of aromatic nitrogens is 1. The van der Waals surface area contributed by atoms with Crippen molar-refractivity contribution in [3.63, 3.8) is 0 Å². The maximum absolute atomic E-state index is 12.3. The summed E-state index contributed by atoms with van der Waals surface area (Å²) in [5.41, 5.74) is 3.96. The number of hydrogen-bond acceptors (Lipinski definition) is 5. The zero-order valence-corrected chi connectivity index (χ0v) is 13.4. The van der Waals surface area contributed by atoms with Crippen LogP contribution in [-0.2, 0) is 0 Å². The lowest BCUT2D eigenvalue weighted by Gasteiger charge is -2.17. The summed E-state index contributed by atoms with van der Waals surface area (Å²) < 4.78 is 0. The number of carbonyl (C=O) groups is 1. The van der Waals surface area contributed by atoms with Crippen LogP contribution in [0, 0.1) is 0 Å². The normalized spacial score (nSPS) is 12.3. The van der Waals surface area contributed by atoms with Crippen LogP contribution in [0.4, 0.5) is 5.82 Å². The van der Waals surface area contributed by atoms with Gasteiger partial charge >= 0.3 is 0 Å². The number of nitrogen functional groups attached to an aromatic ring is 1. The summed E-state index contributed by atoms with van der Waals surface area (Å²) in [5.74, 6) is 7.00. The van der Waals surface area contributed by atoms with Gasteiger partial charge in [-0.1, -0.05) is 20.8 Å². The Morgan fingerprint density at radius 1 is 1.45 bits per heavy atom. The van der Waals surface area contributed by atoms with E-state index in [1.165, 1.54) is 0 Å². The average molecular weight is 296 g/mol. The Hall–Kier alpha value is -1.27. The summed E-state index contributed by atoms with van der Waals surface area (Å²) >= 11 is 1.73. The van der Waals surface area contributed by atoms with Crippen molar-refractivity contribution in [2.24, 2.45) is 5.84 Å². The fourth-order valence-corrected chi connectivity index (χ4v) is 2.51. The van der Waals surface area contributed by atoms with Crippen molar-refractivity contribution >= 4 is 23.5 Å². The molecule has 112 valence electrons. The van der Waals surface area contributed by atoms with Gasteiger partial charge in [-0.2, -0.15) is 11.8 Å². The standard InChI is InChI=1S/C14H24N4OS/c1-5-11(8-20-4)16-14(19)10-6-12(9(2)3)17-13(7-10)18-15/h6-7,9,11H,5,8,15H2,1-4H3,(H,16,19)(H,17,18). The number of hydrogen-bond donors (Lipinski definition) is 3. The first kappa shape index (κ1) is 16.8. The monoisotopic (exact) mass is 296 g/mol. The second-order valence-corrected chi connectivity index (χ2v) is 5.91. The lowest BCUT2D eigenvalue weighted by atomic mass is 10.1. The molecule has 0 aliphatic rings. The van der Waals surface area contributed by atoms with Crippen molar-refractivity contribution in [1.29, 1.82) is 0 Å². The Balaban J connectivity index is 2.93. The van der Waals surface area contributed by atoms with Crippen LogP contribution < -0.4 is 16.6 Å². The number of nitrogens with two attached hydrogens (primary N) is 1. The molecule has 1 unspecified atom stereocenters. The molecule has 4 N–H and O–H groups in total. The van der Waals surface area contributed by atoms with Gasteiger partial charge in [-0.25, -0.2) is 10.8 Å². The van der Waals surface area contributed by atoms with Crippen molar-refractivity contribution in [2.75, 3.05) is 17.4 Å². The predicted molar refractivity (Wildman–Crippen MR) is 86.1 cm³/mol. The first-order valence-electron chi connectivity index (χ1n) is 6.80. The third-order valence-corrected chi connectivity index (χ3v) is 3.78. The number of nitrogens with zero attached hydrogens (tertiary/aromatic N) is 1. The van der Waals surface area contributed by atoms with Gasteiger partial charge in [0.2, 0.25) is 0 Å². The molecule has 0 saturated heterocycles. The highest BCUT2D eigenvalue weighted by Crippen LogP contribution is 2.17. The highest BCUT2D eigenvalue weighted by Gasteiger charge is 2.14. The number of hydrazine groups is 1. The molecule has 1 rings (SSSR count). The molecule has 0 saturated carbocycles. The second kappa shape index (κ2) is 8.11. The van der Waals surface area contributed by atoms with Gasteiger partial charge in [-0.15, -0.1) is 0 Å². The highest BCUT2D eigenvalue weighted by atomic mass is 32.2. The van der Waals surface area contributed by atoms with Gasteiger partial charge in [-0.3, -0.25) is 4.79 Å². The van der Waals surface area contributed by atoms with E-state index in [1.54, 1.807) is 17.8 Å². The molecule has 0 fully saturated rings. The average Bonchev–Trinajstić information content (AvgIpc) is 2.45. The van der Waals surface area contributed by atoms with Crippen LogP contribution >= 0.6 is 11.8 Å². The summed E-state index contributed by atoms with van der Waals surface area (Å²) in [6.07, 6.45) is 2.95. The molecule has 6 heteroatoms. The molecule has 1 heterocycles. The van der Waals surface area contributed by atoms with E-state index in [2.05, 4.69) is 22.7 Å². The molecular weight excluding hydrogens is 272 g/mol. The van der Waals surface area contributed by atoms with Gasteiger partial charge in [-0.05, 0) is 30.7 Å². The van der Waals surface area contributed by atoms with Crippen molar-refractivity contribution < 1.29 is 4.79 Å². The highest BCUT2D eigenvalue weighted by molar-refractivity contribution is 7.98. The first-order valence-corrected chi connectivity index (χ1v) is 8.19. The number of rotatable bonds is 7. The van der Waals surface area contributed by atoms with Gasteiger partial charge < -0.3 is 10.7 Å². The molecule has 0 aliphatic heterocycles. The smallest absolute Gasteiger partial charge is 0.251 e. The van der Waals surface area contributed by atoms with E-state index in [-0.39, 0.29) is 17.9 Å². The Morgan fingerprint density at radius 2 is 2.15 bits per heavy atom. The van der Waals surface area contributed by atoms with Crippen molar-refractivity contribution in [3.05, 3.63) is 23.4 Å². The zero-order valence-electron chi connectivity index (χ0n) is 12.6. The molecule has 0 spiro atoms. The van der Waals surface area contributed by atoms with Crippen molar-refractivity contribution in [2.45, 2.75) is 39.2 Å². The van der Waals surface area contributed by atoms with Crippen LogP contribution in [0.3, 0.4) is 0 Å². The zero-order chi connectivity index (χ0) is 15.1. The van der Waals surface area contributed by atoms with E-state index >= 15 is 0 Å². The van der Waals surface area contributed by atoms with Gasteiger partial charge in [0, 0.05) is 23.1 Å². The predicted octanol–water partition coefficient (Wildman–Crippen LogP) is 2.36. The molecule has 1 aromatic rings. The molecular formula is C14H24N4OS. The Morgan fingerprint density at radius 3 is 2.65 bits per heavy atom. The van der Waals surface area contributed by atoms with Gasteiger partial charge in [0.25, 0.3) is 5.91 Å². The molecule has 5 nitrogen and oxygen atoms in total. The van der Waals surface area contributed by atoms with Crippen LogP contribution in [-0.4, -0.2) is 28.9 Å². The largest absolute Gasteiger partial charge is 0.348 e. The summed E-state index contributed by atoms with van der Waals surface area (Å²) in [6, 6.07) is 3.68. The van der Waals surface area contributed by atoms with Crippen LogP contribution in [0.25, 0.3) is 0 Å². The summed E-state index contributed by atoms with van der Waals surface area (Å²) in [6.45, 7) is 6.14. The fraction of sp³-hybridized carbons (Fsp3) is 0.571. The lowest BCUT2D eigenvalue weighted by molar-refractivity contribution is 0.0940. The first-order chi connectivity index (χ1) is 9.51. The maximum Gasteiger partial charge on any atom is 0.251 e. The third-order valence-electron chi connectivity index (χ3n) is 3.04. The minimum absolute atomic E-state index is 0.0771. The van der Waals surface area contributed by atoms with E-state index in [0.717, 1.165) is 17.9 Å². The van der Waals surface area contributed by atoms with Crippen LogP contribution in [0.2, 0.25) is 0 Å². The van der Waals surface area contributed by atoms with E-state index in [1.807, 2.05) is 26.2 Å². The molecule has 0 aliphatic carbocycles. The molecule has 0 radical (unpaired) electrons. The Kier molecular flexibility index (Phi) is 6.81. The lowest BCUT2D eigenvalue weighted by Crippen LogP contribution is -2.36. The Bertz CT molecular complexity index is 451. The number of carbonyl (C=O) groups excluding carboxylic acids is 1. The fourth-order valence-electron chi connectivity index (χ4n) is 1.78. The quantitative estimate of drug-likeness (QED) is 0.532. The maximum atomic E-state index is 12.3. The number of pyridine rings is 1. The van der Waals surface area contributed by atoms with E-state index in [9.17, 15) is 4.79 Å². The van der Waals surface area contributed by atoms with Gasteiger partial charge in [0.1, 0.15) is 5.82 Å². The second-order valence-electron chi connectivity index (χ2n) is 5.00. The van der Waals surface area contributed by atoms with Crippen molar-refractivity contribution in [1.82, 2.24) is 10.3 Å². The van der Waals surface area contributed by atoms with Crippen LogP contribution in [0.5, 0.6) is 0 Å². The molecule has 0 aromatic carbocycles. The molecule has 1 aromatic heterocycles. The SMILES string of the molecule is CCC(CSC)NC(=O)c1cc(NN)nc(C(C)C)c1. The number of amides is 1.